The predicted molar refractivity (Wildman–Crippen MR) is 92.1 cm³/mol. The van der Waals surface area contributed by atoms with E-state index in [0.29, 0.717) is 31.1 Å². The van der Waals surface area contributed by atoms with Crippen LogP contribution in [0.25, 0.3) is 0 Å². The fraction of sp³-hybridized carbons (Fsp3) is 0.889. The first-order valence-electron chi connectivity index (χ1n) is 9.07. The summed E-state index contributed by atoms with van der Waals surface area (Å²) in [5.41, 5.74) is 0.368. The molecule has 0 spiro atoms. The molecule has 1 saturated carbocycles. The van der Waals surface area contributed by atoms with Crippen LogP contribution in [0.15, 0.2) is 0 Å². The van der Waals surface area contributed by atoms with Crippen molar-refractivity contribution in [3.63, 3.8) is 0 Å². The highest BCUT2D eigenvalue weighted by molar-refractivity contribution is 6.35. The Bertz CT molecular complexity index is 374. The lowest BCUT2D eigenvalue weighted by molar-refractivity contribution is -0.139. The van der Waals surface area contributed by atoms with Crippen molar-refractivity contribution in [2.45, 2.75) is 72.3 Å². The normalized spacial score (nSPS) is 21.7. The van der Waals surface area contributed by atoms with Gasteiger partial charge in [-0.05, 0) is 50.4 Å². The van der Waals surface area contributed by atoms with E-state index in [1.807, 2.05) is 6.92 Å². The lowest BCUT2D eigenvalue weighted by Crippen LogP contribution is -2.46. The van der Waals surface area contributed by atoms with Gasteiger partial charge in [-0.1, -0.05) is 27.2 Å². The Morgan fingerprint density at radius 2 is 1.74 bits per heavy atom. The van der Waals surface area contributed by atoms with Crippen molar-refractivity contribution < 1.29 is 14.3 Å². The molecule has 0 unspecified atom stereocenters. The second-order valence-electron chi connectivity index (χ2n) is 7.17. The fourth-order valence-electron chi connectivity index (χ4n) is 3.16. The monoisotopic (exact) mass is 326 g/mol. The summed E-state index contributed by atoms with van der Waals surface area (Å²) < 4.78 is 5.19. The molecule has 0 heterocycles. The molecule has 0 aliphatic heterocycles. The maximum absolute atomic E-state index is 11.9. The summed E-state index contributed by atoms with van der Waals surface area (Å²) >= 11 is 0. The SMILES string of the molecule is CCOCCCNC(=O)C(=O)NC1CCC(C(C)(C)CC)CC1. The largest absolute Gasteiger partial charge is 0.382 e. The topological polar surface area (TPSA) is 67.4 Å². The number of amides is 2. The minimum atomic E-state index is -0.530. The molecule has 1 aliphatic carbocycles. The average molecular weight is 326 g/mol. The Morgan fingerprint density at radius 3 is 2.30 bits per heavy atom. The maximum Gasteiger partial charge on any atom is 0.309 e. The number of hydrogen-bond acceptors (Lipinski definition) is 3. The molecule has 0 atom stereocenters. The quantitative estimate of drug-likeness (QED) is 0.532. The van der Waals surface area contributed by atoms with Gasteiger partial charge in [0.05, 0.1) is 0 Å². The van der Waals surface area contributed by atoms with Gasteiger partial charge >= 0.3 is 11.8 Å². The van der Waals surface area contributed by atoms with E-state index in [1.165, 1.54) is 6.42 Å². The second kappa shape index (κ2) is 9.91. The average Bonchev–Trinajstić information content (AvgIpc) is 2.55. The van der Waals surface area contributed by atoms with Gasteiger partial charge in [-0.15, -0.1) is 0 Å². The summed E-state index contributed by atoms with van der Waals surface area (Å²) in [4.78, 5) is 23.7. The molecule has 0 aromatic rings. The van der Waals surface area contributed by atoms with Gasteiger partial charge in [-0.3, -0.25) is 9.59 Å². The van der Waals surface area contributed by atoms with Crippen LogP contribution in [0.2, 0.25) is 0 Å². The van der Waals surface area contributed by atoms with Crippen molar-refractivity contribution in [2.75, 3.05) is 19.8 Å². The van der Waals surface area contributed by atoms with Gasteiger partial charge < -0.3 is 15.4 Å². The molecular weight excluding hydrogens is 292 g/mol. The van der Waals surface area contributed by atoms with Crippen LogP contribution in [0, 0.1) is 11.3 Å². The first-order chi connectivity index (χ1) is 10.9. The molecule has 1 rings (SSSR count). The zero-order chi connectivity index (χ0) is 17.3. The van der Waals surface area contributed by atoms with E-state index in [2.05, 4.69) is 31.4 Å². The smallest absolute Gasteiger partial charge is 0.309 e. The van der Waals surface area contributed by atoms with Crippen LogP contribution < -0.4 is 10.6 Å². The molecule has 1 fully saturated rings. The Labute approximate surface area is 140 Å². The third kappa shape index (κ3) is 6.90. The van der Waals surface area contributed by atoms with E-state index < -0.39 is 11.8 Å². The molecule has 0 radical (unpaired) electrons. The minimum absolute atomic E-state index is 0.139. The molecule has 5 heteroatoms. The summed E-state index contributed by atoms with van der Waals surface area (Å²) in [7, 11) is 0. The zero-order valence-electron chi connectivity index (χ0n) is 15.2. The van der Waals surface area contributed by atoms with Gasteiger partial charge in [0, 0.05) is 25.8 Å². The van der Waals surface area contributed by atoms with E-state index in [0.717, 1.165) is 32.1 Å². The second-order valence-corrected chi connectivity index (χ2v) is 7.17. The molecule has 134 valence electrons. The molecule has 23 heavy (non-hydrogen) atoms. The Morgan fingerprint density at radius 1 is 1.09 bits per heavy atom. The zero-order valence-corrected chi connectivity index (χ0v) is 15.2. The maximum atomic E-state index is 11.9. The van der Waals surface area contributed by atoms with Crippen LogP contribution in [0.1, 0.15) is 66.2 Å². The summed E-state index contributed by atoms with van der Waals surface area (Å²) in [6, 6.07) is 0.139. The van der Waals surface area contributed by atoms with Crippen LogP contribution >= 0.6 is 0 Å². The molecule has 2 N–H and O–H groups in total. The number of hydrogen-bond donors (Lipinski definition) is 2. The Balaban J connectivity index is 2.24. The number of carbonyl (C=O) groups is 2. The summed E-state index contributed by atoms with van der Waals surface area (Å²) in [5, 5.41) is 5.52. The van der Waals surface area contributed by atoms with Crippen LogP contribution in [0.4, 0.5) is 0 Å². The molecule has 2 amide bonds. The van der Waals surface area contributed by atoms with E-state index >= 15 is 0 Å². The lowest BCUT2D eigenvalue weighted by Gasteiger charge is -2.39. The first-order valence-corrected chi connectivity index (χ1v) is 9.07. The van der Waals surface area contributed by atoms with Crippen molar-refractivity contribution in [1.82, 2.24) is 10.6 Å². The summed E-state index contributed by atoms with van der Waals surface area (Å²) in [6.45, 7) is 10.6. The molecule has 5 nitrogen and oxygen atoms in total. The highest BCUT2D eigenvalue weighted by Crippen LogP contribution is 2.40. The van der Waals surface area contributed by atoms with E-state index in [4.69, 9.17) is 4.74 Å². The standard InChI is InChI=1S/C18H34N2O3/c1-5-18(3,4)14-8-10-15(11-9-14)20-17(22)16(21)19-12-7-13-23-6-2/h14-15H,5-13H2,1-4H3,(H,19,21)(H,20,22). The third-order valence-corrected chi connectivity index (χ3v) is 5.24. The Hall–Kier alpha value is -1.10. The van der Waals surface area contributed by atoms with Crippen molar-refractivity contribution in [1.29, 1.82) is 0 Å². The van der Waals surface area contributed by atoms with Gasteiger partial charge in [-0.2, -0.15) is 0 Å². The van der Waals surface area contributed by atoms with Crippen LogP contribution in [-0.4, -0.2) is 37.6 Å². The lowest BCUT2D eigenvalue weighted by atomic mass is 9.69. The van der Waals surface area contributed by atoms with Crippen molar-refractivity contribution in [2.24, 2.45) is 11.3 Å². The van der Waals surface area contributed by atoms with Crippen LogP contribution in [0.5, 0.6) is 0 Å². The van der Waals surface area contributed by atoms with Gasteiger partial charge in [0.15, 0.2) is 0 Å². The number of ether oxygens (including phenoxy) is 1. The molecule has 0 saturated heterocycles. The minimum Gasteiger partial charge on any atom is -0.382 e. The van der Waals surface area contributed by atoms with Gasteiger partial charge in [0.1, 0.15) is 0 Å². The van der Waals surface area contributed by atoms with Crippen molar-refractivity contribution in [3.8, 4) is 0 Å². The van der Waals surface area contributed by atoms with Crippen molar-refractivity contribution >= 4 is 11.8 Å². The van der Waals surface area contributed by atoms with Crippen LogP contribution in [-0.2, 0) is 14.3 Å². The third-order valence-electron chi connectivity index (χ3n) is 5.24. The molecule has 1 aliphatic rings. The first kappa shape index (κ1) is 19.9. The number of carbonyl (C=O) groups excluding carboxylic acids is 2. The molecule has 0 bridgehead atoms. The highest BCUT2D eigenvalue weighted by atomic mass is 16.5. The van der Waals surface area contributed by atoms with E-state index in [9.17, 15) is 9.59 Å². The van der Waals surface area contributed by atoms with E-state index in [1.54, 1.807) is 0 Å². The van der Waals surface area contributed by atoms with Crippen LogP contribution in [0.3, 0.4) is 0 Å². The Kier molecular flexibility index (Phi) is 8.59. The molecular formula is C18H34N2O3. The molecule has 0 aromatic carbocycles. The predicted octanol–water partition coefficient (Wildman–Crippen LogP) is 2.64. The van der Waals surface area contributed by atoms with E-state index in [-0.39, 0.29) is 6.04 Å². The fourth-order valence-corrected chi connectivity index (χ4v) is 3.16. The molecule has 0 aromatic heterocycles. The van der Waals surface area contributed by atoms with Gasteiger partial charge in [-0.25, -0.2) is 0 Å². The number of rotatable bonds is 8. The summed E-state index contributed by atoms with van der Waals surface area (Å²) in [6.07, 6.45) is 6.10. The number of nitrogens with one attached hydrogen (secondary N) is 2. The highest BCUT2D eigenvalue weighted by Gasteiger charge is 2.32. The van der Waals surface area contributed by atoms with Crippen molar-refractivity contribution in [3.05, 3.63) is 0 Å². The van der Waals surface area contributed by atoms with Gasteiger partial charge in [0.25, 0.3) is 0 Å². The van der Waals surface area contributed by atoms with Gasteiger partial charge in [0.2, 0.25) is 0 Å². The summed E-state index contributed by atoms with van der Waals surface area (Å²) in [5.74, 6) is -0.315.